The van der Waals surface area contributed by atoms with Crippen LogP contribution in [0.3, 0.4) is 0 Å². The van der Waals surface area contributed by atoms with Crippen LogP contribution in [-0.2, 0) is 6.54 Å². The normalized spacial score (nSPS) is 21.2. The summed E-state index contributed by atoms with van der Waals surface area (Å²) in [6.45, 7) is 11.1. The molecule has 0 aromatic heterocycles. The number of rotatable bonds is 6. The Morgan fingerprint density at radius 2 is 2.00 bits per heavy atom. The van der Waals surface area contributed by atoms with Gasteiger partial charge in [0.25, 0.3) is 0 Å². The fourth-order valence-electron chi connectivity index (χ4n) is 3.03. The van der Waals surface area contributed by atoms with Gasteiger partial charge in [-0.1, -0.05) is 19.1 Å². The van der Waals surface area contributed by atoms with Crippen LogP contribution in [0.4, 0.5) is 0 Å². The van der Waals surface area contributed by atoms with Gasteiger partial charge in [0.15, 0.2) is 0 Å². The first-order valence-corrected chi connectivity index (χ1v) is 8.24. The van der Waals surface area contributed by atoms with E-state index in [0.29, 0.717) is 0 Å². The standard InChI is InChI=1S/C17H27N3O/c1-2-10-21-17-5-3-4-15(11-17)14-19-6-8-20(9-7-19)16-12-18-13-16/h3-5,11,16,18H,2,6-10,12-14H2,1H3. The average molecular weight is 289 g/mol. The Labute approximate surface area is 128 Å². The third kappa shape index (κ3) is 3.96. The first-order chi connectivity index (χ1) is 10.3. The molecule has 116 valence electrons. The van der Waals surface area contributed by atoms with Gasteiger partial charge in [-0.15, -0.1) is 0 Å². The molecule has 0 radical (unpaired) electrons. The van der Waals surface area contributed by atoms with Crippen molar-refractivity contribution in [3.63, 3.8) is 0 Å². The van der Waals surface area contributed by atoms with Gasteiger partial charge < -0.3 is 10.1 Å². The van der Waals surface area contributed by atoms with Crippen molar-refractivity contribution in [3.05, 3.63) is 29.8 Å². The lowest BCUT2D eigenvalue weighted by molar-refractivity contribution is 0.0695. The number of benzene rings is 1. The van der Waals surface area contributed by atoms with E-state index in [9.17, 15) is 0 Å². The van der Waals surface area contributed by atoms with E-state index in [1.54, 1.807) is 0 Å². The fraction of sp³-hybridized carbons (Fsp3) is 0.647. The Hall–Kier alpha value is -1.10. The largest absolute Gasteiger partial charge is 0.494 e. The van der Waals surface area contributed by atoms with Gasteiger partial charge in [-0.25, -0.2) is 0 Å². The lowest BCUT2D eigenvalue weighted by atomic mass is 10.1. The molecule has 1 N–H and O–H groups in total. The van der Waals surface area contributed by atoms with E-state index in [1.807, 2.05) is 0 Å². The van der Waals surface area contributed by atoms with E-state index < -0.39 is 0 Å². The summed E-state index contributed by atoms with van der Waals surface area (Å²) in [5, 5.41) is 3.36. The molecule has 0 unspecified atom stereocenters. The molecule has 2 aliphatic rings. The van der Waals surface area contributed by atoms with Gasteiger partial charge >= 0.3 is 0 Å². The zero-order chi connectivity index (χ0) is 14.5. The lowest BCUT2D eigenvalue weighted by Gasteiger charge is -2.43. The summed E-state index contributed by atoms with van der Waals surface area (Å²) in [6.07, 6.45) is 1.06. The highest BCUT2D eigenvalue weighted by molar-refractivity contribution is 5.28. The zero-order valence-electron chi connectivity index (χ0n) is 13.1. The van der Waals surface area contributed by atoms with Crippen LogP contribution in [0.1, 0.15) is 18.9 Å². The van der Waals surface area contributed by atoms with Gasteiger partial charge in [-0.2, -0.15) is 0 Å². The highest BCUT2D eigenvalue weighted by Gasteiger charge is 2.27. The first-order valence-electron chi connectivity index (χ1n) is 8.24. The Morgan fingerprint density at radius 3 is 2.67 bits per heavy atom. The maximum atomic E-state index is 5.72. The van der Waals surface area contributed by atoms with Crippen LogP contribution in [0, 0.1) is 0 Å². The Balaban J connectivity index is 1.48. The Morgan fingerprint density at radius 1 is 1.19 bits per heavy atom. The molecule has 2 fully saturated rings. The lowest BCUT2D eigenvalue weighted by Crippen LogP contribution is -2.61. The third-order valence-corrected chi connectivity index (χ3v) is 4.46. The first kappa shape index (κ1) is 14.8. The summed E-state index contributed by atoms with van der Waals surface area (Å²) in [5.41, 5.74) is 1.36. The predicted octanol–water partition coefficient (Wildman–Crippen LogP) is 1.56. The van der Waals surface area contributed by atoms with Gasteiger partial charge in [-0.3, -0.25) is 9.80 Å². The summed E-state index contributed by atoms with van der Waals surface area (Å²) in [4.78, 5) is 5.19. The van der Waals surface area contributed by atoms with Crippen molar-refractivity contribution in [2.24, 2.45) is 0 Å². The van der Waals surface area contributed by atoms with Crippen molar-refractivity contribution in [1.82, 2.24) is 15.1 Å². The Kier molecular flexibility index (Phi) is 5.12. The fourth-order valence-corrected chi connectivity index (χ4v) is 3.03. The zero-order valence-corrected chi connectivity index (χ0v) is 13.1. The van der Waals surface area contributed by atoms with Crippen molar-refractivity contribution in [3.8, 4) is 5.75 Å². The van der Waals surface area contributed by atoms with Gasteiger partial charge in [0.05, 0.1) is 6.61 Å². The molecule has 3 rings (SSSR count). The van der Waals surface area contributed by atoms with Gasteiger partial charge in [0.2, 0.25) is 0 Å². The topological polar surface area (TPSA) is 27.7 Å². The van der Waals surface area contributed by atoms with E-state index in [1.165, 1.54) is 44.8 Å². The van der Waals surface area contributed by atoms with Crippen LogP contribution in [-0.4, -0.2) is 61.7 Å². The van der Waals surface area contributed by atoms with E-state index in [-0.39, 0.29) is 0 Å². The molecule has 0 saturated carbocycles. The molecule has 1 aromatic carbocycles. The van der Waals surface area contributed by atoms with Crippen molar-refractivity contribution in [2.75, 3.05) is 45.9 Å². The van der Waals surface area contributed by atoms with Crippen LogP contribution in [0.5, 0.6) is 5.75 Å². The van der Waals surface area contributed by atoms with Crippen molar-refractivity contribution >= 4 is 0 Å². The quantitative estimate of drug-likeness (QED) is 0.860. The van der Waals surface area contributed by atoms with E-state index in [2.05, 4.69) is 46.3 Å². The van der Waals surface area contributed by atoms with Crippen molar-refractivity contribution < 1.29 is 4.74 Å². The summed E-state index contributed by atoms with van der Waals surface area (Å²) in [5.74, 6) is 1.01. The third-order valence-electron chi connectivity index (χ3n) is 4.46. The smallest absolute Gasteiger partial charge is 0.119 e. The second-order valence-corrected chi connectivity index (χ2v) is 6.12. The second-order valence-electron chi connectivity index (χ2n) is 6.12. The Bertz CT molecular complexity index is 439. The number of ether oxygens (including phenoxy) is 1. The summed E-state index contributed by atoms with van der Waals surface area (Å²) in [7, 11) is 0. The molecule has 0 atom stereocenters. The van der Waals surface area contributed by atoms with Gasteiger partial charge in [0.1, 0.15) is 5.75 Å². The molecule has 4 nitrogen and oxygen atoms in total. The van der Waals surface area contributed by atoms with Crippen LogP contribution in [0.15, 0.2) is 24.3 Å². The minimum absolute atomic E-state index is 0.790. The highest BCUT2D eigenvalue weighted by Crippen LogP contribution is 2.17. The molecule has 2 heterocycles. The predicted molar refractivity (Wildman–Crippen MR) is 85.7 cm³/mol. The van der Waals surface area contributed by atoms with Gasteiger partial charge in [0, 0.05) is 51.9 Å². The minimum Gasteiger partial charge on any atom is -0.494 e. The molecule has 0 spiro atoms. The van der Waals surface area contributed by atoms with Crippen LogP contribution in [0.25, 0.3) is 0 Å². The molecule has 0 aliphatic carbocycles. The van der Waals surface area contributed by atoms with Crippen LogP contribution in [0.2, 0.25) is 0 Å². The molecular weight excluding hydrogens is 262 g/mol. The average Bonchev–Trinajstić information content (AvgIpc) is 2.46. The van der Waals surface area contributed by atoms with Crippen LogP contribution < -0.4 is 10.1 Å². The van der Waals surface area contributed by atoms with Gasteiger partial charge in [-0.05, 0) is 24.1 Å². The number of hydrogen-bond donors (Lipinski definition) is 1. The number of nitrogens with one attached hydrogen (secondary N) is 1. The monoisotopic (exact) mass is 289 g/mol. The van der Waals surface area contributed by atoms with E-state index in [0.717, 1.165) is 31.4 Å². The molecular formula is C17H27N3O. The number of hydrogen-bond acceptors (Lipinski definition) is 4. The molecule has 2 saturated heterocycles. The summed E-state index contributed by atoms with van der Waals surface area (Å²) >= 11 is 0. The molecule has 21 heavy (non-hydrogen) atoms. The number of piperazine rings is 1. The minimum atomic E-state index is 0.790. The molecule has 0 amide bonds. The van der Waals surface area contributed by atoms with Crippen molar-refractivity contribution in [2.45, 2.75) is 25.9 Å². The van der Waals surface area contributed by atoms with Crippen molar-refractivity contribution in [1.29, 1.82) is 0 Å². The SMILES string of the molecule is CCCOc1cccc(CN2CCN(C3CNC3)CC2)c1. The maximum absolute atomic E-state index is 5.72. The summed E-state index contributed by atoms with van der Waals surface area (Å²) < 4.78 is 5.72. The highest BCUT2D eigenvalue weighted by atomic mass is 16.5. The summed E-state index contributed by atoms with van der Waals surface area (Å²) in [6, 6.07) is 9.36. The van der Waals surface area contributed by atoms with Crippen LogP contribution >= 0.6 is 0 Å². The molecule has 2 aliphatic heterocycles. The second kappa shape index (κ2) is 7.25. The maximum Gasteiger partial charge on any atom is 0.119 e. The number of nitrogens with zero attached hydrogens (tertiary/aromatic N) is 2. The molecule has 1 aromatic rings. The molecule has 0 bridgehead atoms. The molecule has 4 heteroatoms. The van der Waals surface area contributed by atoms with E-state index >= 15 is 0 Å². The van der Waals surface area contributed by atoms with E-state index in [4.69, 9.17) is 4.74 Å².